The lowest BCUT2D eigenvalue weighted by atomic mass is 9.91. The first kappa shape index (κ1) is 13.1. The molecule has 16 heavy (non-hydrogen) atoms. The third-order valence-corrected chi connectivity index (χ3v) is 2.71. The normalized spacial score (nSPS) is 13.6. The summed E-state index contributed by atoms with van der Waals surface area (Å²) in [7, 11) is 0. The Labute approximate surface area is 99.6 Å². The molecule has 0 fully saturated rings. The topological polar surface area (TPSA) is 80.9 Å². The Morgan fingerprint density at radius 1 is 1.56 bits per heavy atom. The van der Waals surface area contributed by atoms with Crippen LogP contribution in [0.3, 0.4) is 0 Å². The van der Waals surface area contributed by atoms with Gasteiger partial charge in [-0.3, -0.25) is 4.79 Å². The molecule has 1 atom stereocenters. The summed E-state index contributed by atoms with van der Waals surface area (Å²) in [4.78, 5) is 12.4. The summed E-state index contributed by atoms with van der Waals surface area (Å²) in [5, 5.41) is 6.78. The molecule has 1 rings (SSSR count). The van der Waals surface area contributed by atoms with Crippen LogP contribution in [0.1, 0.15) is 43.1 Å². The zero-order chi connectivity index (χ0) is 12.3. The van der Waals surface area contributed by atoms with E-state index in [0.29, 0.717) is 11.4 Å². The molecular weight excluding hydrogens is 224 g/mol. The molecule has 0 saturated carbocycles. The van der Waals surface area contributed by atoms with Crippen molar-refractivity contribution >= 4 is 17.4 Å². The molecule has 3 N–H and O–H groups in total. The van der Waals surface area contributed by atoms with Gasteiger partial charge in [-0.2, -0.15) is 0 Å². The Kier molecular flexibility index (Phi) is 3.98. The number of carbonyl (C=O) groups excluding carboxylic acids is 1. The van der Waals surface area contributed by atoms with Gasteiger partial charge in [-0.25, -0.2) is 0 Å². The number of carbonyl (C=O) groups is 1. The van der Waals surface area contributed by atoms with E-state index in [1.165, 1.54) is 0 Å². The Morgan fingerprint density at radius 2 is 2.19 bits per heavy atom. The first-order valence-corrected chi connectivity index (χ1v) is 5.96. The molecule has 0 aliphatic rings. The lowest BCUT2D eigenvalue weighted by Crippen LogP contribution is -2.35. The molecule has 1 unspecified atom stereocenters. The fourth-order valence-corrected chi connectivity index (χ4v) is 1.96. The Bertz CT molecular complexity index is 367. The summed E-state index contributed by atoms with van der Waals surface area (Å²) in [5.41, 5.74) is 6.14. The zero-order valence-electron chi connectivity index (χ0n) is 10.1. The molecule has 0 saturated heterocycles. The fraction of sp³-hybridized carbons (Fsp3) is 0.700. The van der Waals surface area contributed by atoms with E-state index in [-0.39, 0.29) is 17.4 Å². The molecule has 5 nitrogen and oxygen atoms in total. The van der Waals surface area contributed by atoms with Crippen LogP contribution in [0.15, 0.2) is 0 Å². The highest BCUT2D eigenvalue weighted by Crippen LogP contribution is 2.25. The maximum absolute atomic E-state index is 11.8. The largest absolute Gasteiger partial charge is 0.350 e. The highest BCUT2D eigenvalue weighted by atomic mass is 32.1. The summed E-state index contributed by atoms with van der Waals surface area (Å²) >= 11 is 1.12. The predicted octanol–water partition coefficient (Wildman–Crippen LogP) is 0.913. The second kappa shape index (κ2) is 4.88. The highest BCUT2D eigenvalue weighted by Gasteiger charge is 2.26. The van der Waals surface area contributed by atoms with Gasteiger partial charge in [-0.05, 0) is 18.5 Å². The number of nitrogens with one attached hydrogen (secondary N) is 1. The van der Waals surface area contributed by atoms with Crippen molar-refractivity contribution < 1.29 is 4.79 Å². The van der Waals surface area contributed by atoms with E-state index < -0.39 is 0 Å². The number of amides is 1. The van der Waals surface area contributed by atoms with Crippen LogP contribution in [0.5, 0.6) is 0 Å². The smallest absolute Gasteiger partial charge is 0.265 e. The van der Waals surface area contributed by atoms with Crippen LogP contribution < -0.4 is 11.1 Å². The second-order valence-electron chi connectivity index (χ2n) is 4.89. The van der Waals surface area contributed by atoms with Gasteiger partial charge >= 0.3 is 0 Å². The average Bonchev–Trinajstić information content (AvgIpc) is 2.61. The lowest BCUT2D eigenvalue weighted by molar-refractivity contribution is 0.0953. The molecule has 1 aromatic heterocycles. The molecule has 90 valence electrons. The summed E-state index contributed by atoms with van der Waals surface area (Å²) < 4.78 is 3.84. The second-order valence-corrected chi connectivity index (χ2v) is 5.64. The highest BCUT2D eigenvalue weighted by molar-refractivity contribution is 7.08. The summed E-state index contributed by atoms with van der Waals surface area (Å²) in [5.74, 6) is -0.141. The van der Waals surface area contributed by atoms with Crippen LogP contribution in [0.4, 0.5) is 0 Å². The van der Waals surface area contributed by atoms with E-state index in [0.717, 1.165) is 17.2 Å². The Balaban J connectivity index is 2.81. The van der Waals surface area contributed by atoms with Gasteiger partial charge in [0.2, 0.25) is 0 Å². The first-order valence-electron chi connectivity index (χ1n) is 5.19. The molecule has 0 radical (unpaired) electrons. The van der Waals surface area contributed by atoms with Crippen LogP contribution >= 0.6 is 11.5 Å². The van der Waals surface area contributed by atoms with Crippen LogP contribution in [-0.2, 0) is 5.41 Å². The first-order chi connectivity index (χ1) is 7.32. The van der Waals surface area contributed by atoms with Crippen molar-refractivity contribution in [2.24, 2.45) is 5.73 Å². The number of hydrogen-bond donors (Lipinski definition) is 2. The van der Waals surface area contributed by atoms with Crippen LogP contribution in [0.25, 0.3) is 0 Å². The van der Waals surface area contributed by atoms with Gasteiger partial charge in [-0.15, -0.1) is 5.10 Å². The van der Waals surface area contributed by atoms with Gasteiger partial charge in [0.05, 0.1) is 5.69 Å². The number of rotatable bonds is 3. The maximum atomic E-state index is 11.8. The number of aromatic nitrogens is 2. The Morgan fingerprint density at radius 3 is 2.69 bits per heavy atom. The van der Waals surface area contributed by atoms with Crippen LogP contribution in [-0.4, -0.2) is 28.1 Å². The van der Waals surface area contributed by atoms with E-state index in [9.17, 15) is 4.79 Å². The summed E-state index contributed by atoms with van der Waals surface area (Å²) in [6.07, 6.45) is 0. The number of nitrogens with zero attached hydrogens (tertiary/aromatic N) is 2. The minimum atomic E-state index is -0.173. The van der Waals surface area contributed by atoms with E-state index in [2.05, 4.69) is 14.9 Å². The van der Waals surface area contributed by atoms with Gasteiger partial charge in [0.1, 0.15) is 4.88 Å². The third-order valence-electron chi connectivity index (χ3n) is 1.99. The van der Waals surface area contributed by atoms with E-state index >= 15 is 0 Å². The minimum absolute atomic E-state index is 0.0529. The molecular formula is C10H18N4OS. The van der Waals surface area contributed by atoms with Crippen molar-refractivity contribution in [1.82, 2.24) is 14.9 Å². The van der Waals surface area contributed by atoms with Gasteiger partial charge in [0, 0.05) is 18.0 Å². The number of hydrogen-bond acceptors (Lipinski definition) is 5. The quantitative estimate of drug-likeness (QED) is 0.825. The van der Waals surface area contributed by atoms with E-state index in [1.54, 1.807) is 0 Å². The fourth-order valence-electron chi connectivity index (χ4n) is 1.16. The van der Waals surface area contributed by atoms with Crippen molar-refractivity contribution in [3.63, 3.8) is 0 Å². The van der Waals surface area contributed by atoms with Crippen molar-refractivity contribution in [2.45, 2.75) is 39.2 Å². The average molecular weight is 242 g/mol. The summed E-state index contributed by atoms with van der Waals surface area (Å²) in [6, 6.07) is -0.0529. The molecule has 0 aliphatic heterocycles. The molecule has 0 bridgehead atoms. The molecule has 1 amide bonds. The van der Waals surface area contributed by atoms with Gasteiger partial charge in [0.25, 0.3) is 5.91 Å². The molecule has 6 heteroatoms. The van der Waals surface area contributed by atoms with E-state index in [4.69, 9.17) is 5.73 Å². The van der Waals surface area contributed by atoms with Crippen molar-refractivity contribution in [3.05, 3.63) is 10.6 Å². The monoisotopic (exact) mass is 242 g/mol. The molecule has 0 aromatic carbocycles. The van der Waals surface area contributed by atoms with Gasteiger partial charge in [-0.1, -0.05) is 25.3 Å². The maximum Gasteiger partial charge on any atom is 0.265 e. The van der Waals surface area contributed by atoms with Crippen molar-refractivity contribution in [1.29, 1.82) is 0 Å². The van der Waals surface area contributed by atoms with Crippen LogP contribution in [0, 0.1) is 0 Å². The lowest BCUT2D eigenvalue weighted by Gasteiger charge is -2.16. The summed E-state index contributed by atoms with van der Waals surface area (Å²) in [6.45, 7) is 8.32. The molecule has 0 spiro atoms. The minimum Gasteiger partial charge on any atom is -0.350 e. The van der Waals surface area contributed by atoms with Gasteiger partial charge in [0.15, 0.2) is 0 Å². The SMILES string of the molecule is CC(N)CNC(=O)c1snnc1C(C)(C)C. The molecule has 0 aliphatic carbocycles. The Hall–Kier alpha value is -1.01. The molecule has 1 aromatic rings. The van der Waals surface area contributed by atoms with Crippen molar-refractivity contribution in [2.75, 3.05) is 6.54 Å². The number of nitrogens with two attached hydrogens (primary N) is 1. The zero-order valence-corrected chi connectivity index (χ0v) is 10.9. The van der Waals surface area contributed by atoms with Crippen molar-refractivity contribution in [3.8, 4) is 0 Å². The van der Waals surface area contributed by atoms with Crippen LogP contribution in [0.2, 0.25) is 0 Å². The standard InChI is InChI=1S/C10H18N4OS/c1-6(11)5-12-9(15)7-8(10(2,3)4)13-14-16-7/h6H,5,11H2,1-4H3,(H,12,15). The van der Waals surface area contributed by atoms with E-state index in [1.807, 2.05) is 27.7 Å². The third kappa shape index (κ3) is 3.24. The van der Waals surface area contributed by atoms with Gasteiger partial charge < -0.3 is 11.1 Å². The molecule has 1 heterocycles. The predicted molar refractivity (Wildman–Crippen MR) is 64.6 cm³/mol.